The van der Waals surface area contributed by atoms with Crippen molar-refractivity contribution in [2.75, 3.05) is 13.2 Å². The minimum Gasteiger partial charge on any atom is -0.473 e. The molecular weight excluding hydrogens is 569 g/mol. The van der Waals surface area contributed by atoms with Crippen molar-refractivity contribution in [1.82, 2.24) is 14.5 Å². The molecule has 0 amide bonds. The molecule has 2 aromatic heterocycles. The first kappa shape index (κ1) is 29.1. The number of aromatic nitrogens is 3. The van der Waals surface area contributed by atoms with Gasteiger partial charge in [-0.25, -0.2) is 23.1 Å². The van der Waals surface area contributed by atoms with Crippen LogP contribution in [-0.4, -0.2) is 33.5 Å². The third kappa shape index (κ3) is 5.92. The number of halogens is 3. The van der Waals surface area contributed by atoms with Gasteiger partial charge in [0.2, 0.25) is 5.88 Å². The van der Waals surface area contributed by atoms with Gasteiger partial charge in [-0.3, -0.25) is 4.79 Å². The highest BCUT2D eigenvalue weighted by molar-refractivity contribution is 5.97. The Morgan fingerprint density at radius 1 is 1.02 bits per heavy atom. The van der Waals surface area contributed by atoms with Gasteiger partial charge in [0.1, 0.15) is 29.9 Å². The Bertz CT molecular complexity index is 1930. The van der Waals surface area contributed by atoms with Gasteiger partial charge < -0.3 is 14.0 Å². The van der Waals surface area contributed by atoms with E-state index < -0.39 is 17.5 Å². The van der Waals surface area contributed by atoms with Gasteiger partial charge in [-0.15, -0.1) is 0 Å². The Balaban J connectivity index is 1.28. The van der Waals surface area contributed by atoms with Gasteiger partial charge in [-0.2, -0.15) is 5.26 Å². The summed E-state index contributed by atoms with van der Waals surface area (Å²) in [6.45, 7) is 2.45. The van der Waals surface area contributed by atoms with Crippen molar-refractivity contribution in [2.45, 2.75) is 38.8 Å². The second-order valence-corrected chi connectivity index (χ2v) is 10.7. The molecule has 1 atom stereocenters. The highest BCUT2D eigenvalue weighted by Crippen LogP contribution is 2.31. The third-order valence-corrected chi connectivity index (χ3v) is 7.71. The van der Waals surface area contributed by atoms with E-state index in [0.717, 1.165) is 36.6 Å². The molecule has 0 bridgehead atoms. The predicted octanol–water partition coefficient (Wildman–Crippen LogP) is 7.11. The Labute approximate surface area is 251 Å². The minimum absolute atomic E-state index is 0.0242. The largest absolute Gasteiger partial charge is 0.473 e. The van der Waals surface area contributed by atoms with E-state index in [0.29, 0.717) is 30.1 Å². The Morgan fingerprint density at radius 3 is 2.61 bits per heavy atom. The number of rotatable bonds is 8. The number of imidazole rings is 1. The van der Waals surface area contributed by atoms with Crippen LogP contribution in [0.15, 0.2) is 66.7 Å². The summed E-state index contributed by atoms with van der Waals surface area (Å²) >= 11 is 0. The number of Topliss-reactive ketones (excluding diaryl/α,β-unsaturated/α-hetero) is 1. The molecule has 0 spiro atoms. The molecule has 0 radical (unpaired) electrons. The molecule has 0 N–H and O–H groups in total. The number of nitriles is 1. The number of carbonyl (C=O) groups excluding carboxylic acids is 1. The second-order valence-electron chi connectivity index (χ2n) is 10.7. The number of pyridine rings is 1. The smallest absolute Gasteiger partial charge is 0.214 e. The summed E-state index contributed by atoms with van der Waals surface area (Å²) < 4.78 is 58.7. The van der Waals surface area contributed by atoms with Crippen LogP contribution in [-0.2, 0) is 17.8 Å². The Morgan fingerprint density at radius 2 is 1.86 bits per heavy atom. The Kier molecular flexibility index (Phi) is 8.13. The molecular formula is C34H27F3N4O3. The summed E-state index contributed by atoms with van der Waals surface area (Å²) in [7, 11) is 0. The summed E-state index contributed by atoms with van der Waals surface area (Å²) in [4.78, 5) is 21.1. The summed E-state index contributed by atoms with van der Waals surface area (Å²) in [6, 6.07) is 18.0. The van der Waals surface area contributed by atoms with Gasteiger partial charge >= 0.3 is 0 Å². The molecule has 3 heterocycles. The molecule has 10 heteroatoms. The van der Waals surface area contributed by atoms with Crippen molar-refractivity contribution in [3.63, 3.8) is 0 Å². The monoisotopic (exact) mass is 596 g/mol. The van der Waals surface area contributed by atoms with Crippen LogP contribution in [0.25, 0.3) is 22.3 Å². The maximum atomic E-state index is 15.6. The molecule has 222 valence electrons. The maximum Gasteiger partial charge on any atom is 0.214 e. The van der Waals surface area contributed by atoms with Crippen molar-refractivity contribution < 1.29 is 27.4 Å². The van der Waals surface area contributed by atoms with E-state index in [-0.39, 0.29) is 58.7 Å². The van der Waals surface area contributed by atoms with Crippen molar-refractivity contribution >= 4 is 16.8 Å². The summed E-state index contributed by atoms with van der Waals surface area (Å²) in [5.41, 5.74) is 2.59. The topological polar surface area (TPSA) is 90.0 Å². The second kappa shape index (κ2) is 12.3. The van der Waals surface area contributed by atoms with Crippen LogP contribution < -0.4 is 4.74 Å². The van der Waals surface area contributed by atoms with E-state index in [1.165, 1.54) is 31.2 Å². The van der Waals surface area contributed by atoms with E-state index >= 15 is 8.78 Å². The lowest BCUT2D eigenvalue weighted by Crippen LogP contribution is -2.23. The van der Waals surface area contributed by atoms with Gasteiger partial charge in [0, 0.05) is 35.8 Å². The van der Waals surface area contributed by atoms with Crippen LogP contribution in [0.5, 0.6) is 5.88 Å². The van der Waals surface area contributed by atoms with Crippen LogP contribution in [0, 0.1) is 28.8 Å². The molecule has 0 saturated carbocycles. The fourth-order valence-electron chi connectivity index (χ4n) is 5.44. The van der Waals surface area contributed by atoms with Gasteiger partial charge in [-0.1, -0.05) is 12.1 Å². The van der Waals surface area contributed by atoms with Gasteiger partial charge in [0.05, 0.1) is 41.0 Å². The average molecular weight is 597 g/mol. The first-order chi connectivity index (χ1) is 21.3. The molecule has 44 heavy (non-hydrogen) atoms. The number of carbonyl (C=O) groups is 1. The summed E-state index contributed by atoms with van der Waals surface area (Å²) in [6.07, 6.45) is 1.71. The van der Waals surface area contributed by atoms with Crippen LogP contribution in [0.2, 0.25) is 0 Å². The van der Waals surface area contributed by atoms with E-state index in [4.69, 9.17) is 19.7 Å². The Hall–Kier alpha value is -5.01. The van der Waals surface area contributed by atoms with Crippen molar-refractivity contribution in [1.29, 1.82) is 5.26 Å². The molecule has 5 aromatic rings. The van der Waals surface area contributed by atoms with Crippen LogP contribution in [0.4, 0.5) is 13.2 Å². The molecule has 1 aliphatic heterocycles. The number of nitrogens with zero attached hydrogens (tertiary/aromatic N) is 4. The molecule has 6 rings (SSSR count). The molecule has 1 unspecified atom stereocenters. The SMILES string of the molecule is CC(=O)c1ccc2nc(Cc3cc(F)c(-c4cccc(OCc5ccc(C#N)cc5F)n4)cc3F)n(C3CCCOC3)c2c1. The highest BCUT2D eigenvalue weighted by Gasteiger charge is 2.24. The molecule has 0 aliphatic carbocycles. The van der Waals surface area contributed by atoms with Crippen LogP contribution in [0.1, 0.15) is 58.7 Å². The lowest BCUT2D eigenvalue weighted by atomic mass is 10.0. The van der Waals surface area contributed by atoms with Crippen LogP contribution >= 0.6 is 0 Å². The quantitative estimate of drug-likeness (QED) is 0.177. The first-order valence-corrected chi connectivity index (χ1v) is 14.2. The van der Waals surface area contributed by atoms with Gasteiger partial charge in [-0.05, 0) is 73.9 Å². The zero-order chi connectivity index (χ0) is 30.8. The lowest BCUT2D eigenvalue weighted by molar-refractivity contribution is 0.0596. The first-order valence-electron chi connectivity index (χ1n) is 14.2. The summed E-state index contributed by atoms with van der Waals surface area (Å²) in [5, 5.41) is 8.92. The molecule has 1 aliphatic rings. The number of benzene rings is 3. The van der Waals surface area contributed by atoms with E-state index in [1.807, 2.05) is 10.6 Å². The average Bonchev–Trinajstić information content (AvgIpc) is 3.39. The van der Waals surface area contributed by atoms with E-state index in [2.05, 4.69) is 4.98 Å². The third-order valence-electron chi connectivity index (χ3n) is 7.71. The minimum atomic E-state index is -0.674. The van der Waals surface area contributed by atoms with Crippen molar-refractivity contribution in [3.8, 4) is 23.2 Å². The van der Waals surface area contributed by atoms with Gasteiger partial charge in [0.25, 0.3) is 0 Å². The lowest BCUT2D eigenvalue weighted by Gasteiger charge is -2.26. The molecule has 1 fully saturated rings. The zero-order valence-electron chi connectivity index (χ0n) is 23.8. The molecule has 3 aromatic carbocycles. The number of hydrogen-bond acceptors (Lipinski definition) is 6. The molecule has 1 saturated heterocycles. The predicted molar refractivity (Wildman–Crippen MR) is 157 cm³/mol. The van der Waals surface area contributed by atoms with E-state index in [9.17, 15) is 9.18 Å². The van der Waals surface area contributed by atoms with E-state index in [1.54, 1.807) is 24.3 Å². The number of hydrogen-bond donors (Lipinski definition) is 0. The summed E-state index contributed by atoms with van der Waals surface area (Å²) in [5.74, 6) is -1.32. The van der Waals surface area contributed by atoms with Gasteiger partial charge in [0.15, 0.2) is 5.78 Å². The normalized spacial score (nSPS) is 14.8. The zero-order valence-corrected chi connectivity index (χ0v) is 23.8. The maximum absolute atomic E-state index is 15.6. The number of ether oxygens (including phenoxy) is 2. The fraction of sp³-hybridized carbons (Fsp3) is 0.235. The molecule has 7 nitrogen and oxygen atoms in total. The standard InChI is InChI=1S/C34H27F3N4O3/c1-20(42)22-9-10-31-32(14-22)41(25-4-3-11-43-19-25)33(39-31)15-24-13-29(37)26(16-28(24)36)30-5-2-6-34(40-30)44-18-23-8-7-21(17-38)12-27(23)35/h2,5-10,12-14,16,25H,3-4,11,15,18-19H2,1H3. The number of ketones is 1. The highest BCUT2D eigenvalue weighted by atomic mass is 19.1. The number of fused-ring (bicyclic) bond motifs is 1. The van der Waals surface area contributed by atoms with Crippen molar-refractivity contribution in [3.05, 3.63) is 112 Å². The van der Waals surface area contributed by atoms with Crippen molar-refractivity contribution in [2.24, 2.45) is 0 Å². The fourth-order valence-corrected chi connectivity index (χ4v) is 5.44. The van der Waals surface area contributed by atoms with Crippen LogP contribution in [0.3, 0.4) is 0 Å².